The molecule has 1 amide bonds. The van der Waals surface area contributed by atoms with Crippen molar-refractivity contribution in [3.05, 3.63) is 71.1 Å². The number of piperazine rings is 1. The van der Waals surface area contributed by atoms with Crippen LogP contribution in [0.25, 0.3) is 11.7 Å². The standard InChI is InChI=1S/C21H21ClN4O/c1-16-6-2-3-7-17(16)24-12-14-25(15-13-24)20(27)10-9-18-21(22)23-19-8-4-5-11-26(18)19/h2-11H,12-15H2,1H3/b10-9+. The van der Waals surface area contributed by atoms with Crippen LogP contribution in [0.2, 0.25) is 5.15 Å². The van der Waals surface area contributed by atoms with E-state index in [-0.39, 0.29) is 5.91 Å². The van der Waals surface area contributed by atoms with E-state index in [0.29, 0.717) is 18.2 Å². The first-order valence-electron chi connectivity index (χ1n) is 9.03. The van der Waals surface area contributed by atoms with Gasteiger partial charge in [-0.05, 0) is 36.8 Å². The molecule has 1 aliphatic rings. The van der Waals surface area contributed by atoms with Crippen LogP contribution in [0.4, 0.5) is 5.69 Å². The van der Waals surface area contributed by atoms with E-state index < -0.39 is 0 Å². The average Bonchev–Trinajstić information content (AvgIpc) is 3.02. The number of hydrogen-bond donors (Lipinski definition) is 0. The maximum atomic E-state index is 12.6. The molecule has 1 aromatic carbocycles. The van der Waals surface area contributed by atoms with Gasteiger partial charge in [0.1, 0.15) is 5.65 Å². The molecular weight excluding hydrogens is 360 g/mol. The molecular formula is C21H21ClN4O. The maximum absolute atomic E-state index is 12.6. The largest absolute Gasteiger partial charge is 0.368 e. The molecule has 0 saturated carbocycles. The number of halogens is 1. The number of carbonyl (C=O) groups excluding carboxylic acids is 1. The van der Waals surface area contributed by atoms with Crippen LogP contribution in [-0.4, -0.2) is 46.4 Å². The molecule has 1 saturated heterocycles. The van der Waals surface area contributed by atoms with Crippen LogP contribution in [0.5, 0.6) is 0 Å². The summed E-state index contributed by atoms with van der Waals surface area (Å²) in [4.78, 5) is 21.1. The Kier molecular flexibility index (Phi) is 4.86. The molecule has 6 heteroatoms. The van der Waals surface area contributed by atoms with Crippen LogP contribution in [0, 0.1) is 6.92 Å². The molecule has 0 unspecified atom stereocenters. The Balaban J connectivity index is 1.43. The Bertz CT molecular complexity index is 1000. The summed E-state index contributed by atoms with van der Waals surface area (Å²) in [6.45, 7) is 5.20. The number of aromatic nitrogens is 2. The summed E-state index contributed by atoms with van der Waals surface area (Å²) < 4.78 is 1.88. The third-order valence-electron chi connectivity index (χ3n) is 4.95. The van der Waals surface area contributed by atoms with Gasteiger partial charge in [-0.3, -0.25) is 9.20 Å². The lowest BCUT2D eigenvalue weighted by Crippen LogP contribution is -2.48. The lowest BCUT2D eigenvalue weighted by molar-refractivity contribution is -0.126. The highest BCUT2D eigenvalue weighted by molar-refractivity contribution is 6.31. The molecule has 2 aromatic heterocycles. The highest BCUT2D eigenvalue weighted by Crippen LogP contribution is 2.21. The highest BCUT2D eigenvalue weighted by atomic mass is 35.5. The number of fused-ring (bicyclic) bond motifs is 1. The average molecular weight is 381 g/mol. The smallest absolute Gasteiger partial charge is 0.246 e. The third-order valence-corrected chi connectivity index (χ3v) is 5.23. The number of carbonyl (C=O) groups is 1. The quantitative estimate of drug-likeness (QED) is 0.651. The fourth-order valence-electron chi connectivity index (χ4n) is 3.48. The fourth-order valence-corrected chi connectivity index (χ4v) is 3.72. The van der Waals surface area contributed by atoms with Crippen LogP contribution in [0.15, 0.2) is 54.7 Å². The molecule has 0 bridgehead atoms. The normalized spacial score (nSPS) is 15.0. The highest BCUT2D eigenvalue weighted by Gasteiger charge is 2.20. The van der Waals surface area contributed by atoms with Gasteiger partial charge in [-0.25, -0.2) is 4.98 Å². The van der Waals surface area contributed by atoms with Crippen LogP contribution in [0.3, 0.4) is 0 Å². The number of anilines is 1. The lowest BCUT2D eigenvalue weighted by Gasteiger charge is -2.36. The summed E-state index contributed by atoms with van der Waals surface area (Å²) in [6, 6.07) is 14.1. The molecule has 0 atom stereocenters. The van der Waals surface area contributed by atoms with Gasteiger partial charge in [0.15, 0.2) is 5.15 Å². The zero-order chi connectivity index (χ0) is 18.8. The summed E-state index contributed by atoms with van der Waals surface area (Å²) in [5, 5.41) is 0.398. The minimum atomic E-state index is 0.00128. The van der Waals surface area contributed by atoms with Crippen LogP contribution >= 0.6 is 11.6 Å². The number of para-hydroxylation sites is 1. The number of benzene rings is 1. The molecule has 138 valence electrons. The molecule has 4 rings (SSSR count). The van der Waals surface area contributed by atoms with E-state index >= 15 is 0 Å². The summed E-state index contributed by atoms with van der Waals surface area (Å²) in [5.41, 5.74) is 4.00. The number of amides is 1. The van der Waals surface area contributed by atoms with Crippen LogP contribution in [-0.2, 0) is 4.79 Å². The van der Waals surface area contributed by atoms with E-state index in [2.05, 4.69) is 41.1 Å². The van der Waals surface area contributed by atoms with Crippen molar-refractivity contribution >= 4 is 34.9 Å². The number of aryl methyl sites for hydroxylation is 1. The van der Waals surface area contributed by atoms with E-state index in [1.54, 1.807) is 12.2 Å². The van der Waals surface area contributed by atoms with Gasteiger partial charge in [0.25, 0.3) is 0 Å². The summed E-state index contributed by atoms with van der Waals surface area (Å²) >= 11 is 6.22. The Hall–Kier alpha value is -2.79. The van der Waals surface area contributed by atoms with Crippen molar-refractivity contribution in [3.8, 4) is 0 Å². The van der Waals surface area contributed by atoms with Gasteiger partial charge in [-0.15, -0.1) is 0 Å². The number of rotatable bonds is 3. The van der Waals surface area contributed by atoms with Crippen molar-refractivity contribution in [2.24, 2.45) is 0 Å². The number of imidazole rings is 1. The summed E-state index contributed by atoms with van der Waals surface area (Å²) in [5.74, 6) is 0.00128. The Morgan fingerprint density at radius 2 is 1.81 bits per heavy atom. The third kappa shape index (κ3) is 3.55. The van der Waals surface area contributed by atoms with Crippen LogP contribution in [0.1, 0.15) is 11.3 Å². The first-order chi connectivity index (χ1) is 13.1. The molecule has 3 aromatic rings. The molecule has 0 spiro atoms. The van der Waals surface area contributed by atoms with Gasteiger partial charge >= 0.3 is 0 Å². The van der Waals surface area contributed by atoms with E-state index in [0.717, 1.165) is 24.4 Å². The van der Waals surface area contributed by atoms with Crippen molar-refractivity contribution in [2.45, 2.75) is 6.92 Å². The minimum absolute atomic E-state index is 0.00128. The van der Waals surface area contributed by atoms with Crippen molar-refractivity contribution in [1.29, 1.82) is 0 Å². The van der Waals surface area contributed by atoms with E-state index in [9.17, 15) is 4.79 Å². The van der Waals surface area contributed by atoms with Crippen molar-refractivity contribution in [3.63, 3.8) is 0 Å². The van der Waals surface area contributed by atoms with E-state index in [1.165, 1.54) is 11.3 Å². The number of hydrogen-bond acceptors (Lipinski definition) is 3. The van der Waals surface area contributed by atoms with Gasteiger partial charge in [0.2, 0.25) is 5.91 Å². The molecule has 1 fully saturated rings. The molecule has 27 heavy (non-hydrogen) atoms. The second kappa shape index (κ2) is 7.45. The zero-order valence-corrected chi connectivity index (χ0v) is 15.9. The molecule has 3 heterocycles. The Morgan fingerprint density at radius 1 is 1.07 bits per heavy atom. The van der Waals surface area contributed by atoms with Crippen molar-refractivity contribution < 1.29 is 4.79 Å². The molecule has 5 nitrogen and oxygen atoms in total. The topological polar surface area (TPSA) is 40.8 Å². The second-order valence-electron chi connectivity index (χ2n) is 6.65. The minimum Gasteiger partial charge on any atom is -0.368 e. The van der Waals surface area contributed by atoms with E-state index in [1.807, 2.05) is 33.7 Å². The van der Waals surface area contributed by atoms with Gasteiger partial charge in [-0.2, -0.15) is 0 Å². The van der Waals surface area contributed by atoms with Gasteiger partial charge < -0.3 is 9.80 Å². The number of pyridine rings is 1. The van der Waals surface area contributed by atoms with Crippen molar-refractivity contribution in [2.75, 3.05) is 31.1 Å². The summed E-state index contributed by atoms with van der Waals surface area (Å²) in [6.07, 6.45) is 5.23. The first-order valence-corrected chi connectivity index (χ1v) is 9.41. The predicted octanol–water partition coefficient (Wildman–Crippen LogP) is 3.66. The number of nitrogens with zero attached hydrogens (tertiary/aromatic N) is 4. The monoisotopic (exact) mass is 380 g/mol. The molecule has 0 aliphatic carbocycles. The lowest BCUT2D eigenvalue weighted by atomic mass is 10.1. The van der Waals surface area contributed by atoms with Gasteiger partial charge in [0.05, 0.1) is 5.69 Å². The first kappa shape index (κ1) is 17.6. The van der Waals surface area contributed by atoms with Crippen LogP contribution < -0.4 is 4.90 Å². The van der Waals surface area contributed by atoms with Crippen molar-refractivity contribution in [1.82, 2.24) is 14.3 Å². The molecule has 1 aliphatic heterocycles. The molecule has 0 N–H and O–H groups in total. The molecule has 0 radical (unpaired) electrons. The van der Waals surface area contributed by atoms with E-state index in [4.69, 9.17) is 11.6 Å². The predicted molar refractivity (Wildman–Crippen MR) is 109 cm³/mol. The Labute approximate surface area is 163 Å². The van der Waals surface area contributed by atoms with Gasteiger partial charge in [-0.1, -0.05) is 35.9 Å². The second-order valence-corrected chi connectivity index (χ2v) is 7.01. The summed E-state index contributed by atoms with van der Waals surface area (Å²) in [7, 11) is 0. The van der Waals surface area contributed by atoms with Gasteiger partial charge in [0, 0.05) is 44.1 Å². The fraction of sp³-hybridized carbons (Fsp3) is 0.238. The Morgan fingerprint density at radius 3 is 2.59 bits per heavy atom. The maximum Gasteiger partial charge on any atom is 0.246 e. The zero-order valence-electron chi connectivity index (χ0n) is 15.2. The SMILES string of the molecule is Cc1ccccc1N1CCN(C(=O)/C=C/c2c(Cl)nc3ccccn23)CC1.